The van der Waals surface area contributed by atoms with Crippen LogP contribution in [0.1, 0.15) is 26.2 Å². The molecule has 3 nitrogen and oxygen atoms in total. The van der Waals surface area contributed by atoms with Crippen LogP contribution in [-0.2, 0) is 4.74 Å². The Kier molecular flexibility index (Phi) is 2.58. The SMILES string of the molecule is CCN1CCC(N)C12CCOCC2. The Bertz CT molecular complexity index is 178. The van der Waals surface area contributed by atoms with Gasteiger partial charge in [-0.2, -0.15) is 0 Å². The molecule has 0 radical (unpaired) electrons. The van der Waals surface area contributed by atoms with Crippen LogP contribution in [0.3, 0.4) is 0 Å². The number of nitrogens with two attached hydrogens (primary N) is 1. The van der Waals surface area contributed by atoms with Crippen LogP contribution in [0, 0.1) is 0 Å². The lowest BCUT2D eigenvalue weighted by atomic mass is 9.84. The van der Waals surface area contributed by atoms with E-state index in [4.69, 9.17) is 10.5 Å². The number of rotatable bonds is 1. The first kappa shape index (κ1) is 9.44. The van der Waals surface area contributed by atoms with E-state index in [0.29, 0.717) is 6.04 Å². The van der Waals surface area contributed by atoms with Crippen LogP contribution in [-0.4, -0.2) is 42.8 Å². The Balaban J connectivity index is 2.14. The molecule has 0 aliphatic carbocycles. The van der Waals surface area contributed by atoms with Crippen molar-refractivity contribution < 1.29 is 4.74 Å². The monoisotopic (exact) mass is 184 g/mol. The predicted octanol–water partition coefficient (Wildman–Crippen LogP) is 0.588. The zero-order valence-corrected chi connectivity index (χ0v) is 8.46. The number of hydrogen-bond donors (Lipinski definition) is 1. The highest BCUT2D eigenvalue weighted by Gasteiger charge is 2.46. The minimum atomic E-state index is 0.285. The summed E-state index contributed by atoms with van der Waals surface area (Å²) >= 11 is 0. The molecule has 1 spiro atoms. The van der Waals surface area contributed by atoms with Crippen molar-refractivity contribution in [1.82, 2.24) is 4.90 Å². The van der Waals surface area contributed by atoms with Crippen molar-refractivity contribution in [3.8, 4) is 0 Å². The molecule has 0 saturated carbocycles. The molecule has 3 heteroatoms. The number of likely N-dealkylation sites (tertiary alicyclic amines) is 1. The second-order valence-corrected chi connectivity index (χ2v) is 4.19. The van der Waals surface area contributed by atoms with Crippen LogP contribution in [0.5, 0.6) is 0 Å². The van der Waals surface area contributed by atoms with Gasteiger partial charge in [-0.05, 0) is 25.8 Å². The molecule has 2 aliphatic rings. The molecule has 2 rings (SSSR count). The van der Waals surface area contributed by atoms with Gasteiger partial charge in [-0.1, -0.05) is 6.92 Å². The number of ether oxygens (including phenoxy) is 1. The van der Waals surface area contributed by atoms with Crippen LogP contribution >= 0.6 is 0 Å². The molecule has 0 bridgehead atoms. The Morgan fingerprint density at radius 2 is 2.15 bits per heavy atom. The summed E-state index contributed by atoms with van der Waals surface area (Å²) in [5.74, 6) is 0. The summed E-state index contributed by atoms with van der Waals surface area (Å²) in [6, 6.07) is 0.372. The maximum Gasteiger partial charge on any atom is 0.0484 e. The van der Waals surface area contributed by atoms with E-state index in [1.807, 2.05) is 0 Å². The van der Waals surface area contributed by atoms with Gasteiger partial charge in [-0.25, -0.2) is 0 Å². The van der Waals surface area contributed by atoms with Crippen LogP contribution in [0.2, 0.25) is 0 Å². The fourth-order valence-electron chi connectivity index (χ4n) is 2.91. The van der Waals surface area contributed by atoms with Crippen molar-refractivity contribution in [1.29, 1.82) is 0 Å². The van der Waals surface area contributed by atoms with Crippen molar-refractivity contribution in [2.75, 3.05) is 26.3 Å². The molecule has 0 aromatic carbocycles. The molecule has 1 unspecified atom stereocenters. The Labute approximate surface area is 80.2 Å². The summed E-state index contributed by atoms with van der Waals surface area (Å²) in [5.41, 5.74) is 6.50. The molecule has 13 heavy (non-hydrogen) atoms. The molecular weight excluding hydrogens is 164 g/mol. The molecule has 2 fully saturated rings. The van der Waals surface area contributed by atoms with E-state index < -0.39 is 0 Å². The van der Waals surface area contributed by atoms with Crippen molar-refractivity contribution in [2.45, 2.75) is 37.8 Å². The van der Waals surface area contributed by atoms with Gasteiger partial charge in [-0.3, -0.25) is 4.90 Å². The highest BCUT2D eigenvalue weighted by Crippen LogP contribution is 2.36. The van der Waals surface area contributed by atoms with Gasteiger partial charge in [0.2, 0.25) is 0 Å². The molecule has 0 aromatic heterocycles. The smallest absolute Gasteiger partial charge is 0.0484 e. The van der Waals surface area contributed by atoms with E-state index in [1.165, 1.54) is 6.54 Å². The van der Waals surface area contributed by atoms with Crippen molar-refractivity contribution in [2.24, 2.45) is 5.73 Å². The Morgan fingerprint density at radius 3 is 2.77 bits per heavy atom. The Morgan fingerprint density at radius 1 is 1.46 bits per heavy atom. The molecular formula is C10H20N2O. The van der Waals surface area contributed by atoms with Crippen molar-refractivity contribution in [3.05, 3.63) is 0 Å². The number of hydrogen-bond acceptors (Lipinski definition) is 3. The molecule has 76 valence electrons. The lowest BCUT2D eigenvalue weighted by molar-refractivity contribution is -0.0125. The quantitative estimate of drug-likeness (QED) is 0.648. The van der Waals surface area contributed by atoms with Crippen LogP contribution in [0.25, 0.3) is 0 Å². The summed E-state index contributed by atoms with van der Waals surface area (Å²) < 4.78 is 5.42. The topological polar surface area (TPSA) is 38.5 Å². The van der Waals surface area contributed by atoms with Gasteiger partial charge in [0, 0.05) is 31.3 Å². The summed E-state index contributed by atoms with van der Waals surface area (Å²) in [6.45, 7) is 6.33. The third-order valence-electron chi connectivity index (χ3n) is 3.77. The summed E-state index contributed by atoms with van der Waals surface area (Å²) in [7, 11) is 0. The van der Waals surface area contributed by atoms with Gasteiger partial charge in [-0.15, -0.1) is 0 Å². The average Bonchev–Trinajstić information content (AvgIpc) is 2.46. The van der Waals surface area contributed by atoms with Gasteiger partial charge in [0.25, 0.3) is 0 Å². The zero-order chi connectivity index (χ0) is 9.31. The van der Waals surface area contributed by atoms with Gasteiger partial charge in [0.05, 0.1) is 0 Å². The number of nitrogens with zero attached hydrogens (tertiary/aromatic N) is 1. The summed E-state index contributed by atoms with van der Waals surface area (Å²) in [4.78, 5) is 2.56. The molecule has 2 aliphatic heterocycles. The van der Waals surface area contributed by atoms with Crippen LogP contribution < -0.4 is 5.73 Å². The van der Waals surface area contributed by atoms with E-state index in [-0.39, 0.29) is 5.54 Å². The summed E-state index contributed by atoms with van der Waals surface area (Å²) in [5, 5.41) is 0. The highest BCUT2D eigenvalue weighted by molar-refractivity contribution is 5.05. The van der Waals surface area contributed by atoms with Gasteiger partial charge >= 0.3 is 0 Å². The molecule has 0 aromatic rings. The third-order valence-corrected chi connectivity index (χ3v) is 3.77. The third kappa shape index (κ3) is 1.39. The van der Waals surface area contributed by atoms with Crippen molar-refractivity contribution >= 4 is 0 Å². The lowest BCUT2D eigenvalue weighted by Crippen LogP contribution is -2.56. The molecule has 1 atom stereocenters. The van der Waals surface area contributed by atoms with Gasteiger partial charge in [0.15, 0.2) is 0 Å². The Hall–Kier alpha value is -0.120. The second kappa shape index (κ2) is 3.56. The van der Waals surface area contributed by atoms with E-state index in [0.717, 1.165) is 39.0 Å². The summed E-state index contributed by atoms with van der Waals surface area (Å²) in [6.07, 6.45) is 3.41. The van der Waals surface area contributed by atoms with E-state index in [2.05, 4.69) is 11.8 Å². The van der Waals surface area contributed by atoms with Crippen LogP contribution in [0.4, 0.5) is 0 Å². The van der Waals surface area contributed by atoms with E-state index in [9.17, 15) is 0 Å². The van der Waals surface area contributed by atoms with Gasteiger partial charge < -0.3 is 10.5 Å². The first-order valence-corrected chi connectivity index (χ1v) is 5.38. The maximum atomic E-state index is 6.21. The zero-order valence-electron chi connectivity index (χ0n) is 8.46. The second-order valence-electron chi connectivity index (χ2n) is 4.19. The average molecular weight is 184 g/mol. The first-order valence-electron chi connectivity index (χ1n) is 5.38. The molecule has 2 heterocycles. The standard InChI is InChI=1S/C10H20N2O/c1-2-12-6-3-9(11)10(12)4-7-13-8-5-10/h9H,2-8,11H2,1H3. The van der Waals surface area contributed by atoms with Crippen LogP contribution in [0.15, 0.2) is 0 Å². The van der Waals surface area contributed by atoms with Crippen molar-refractivity contribution in [3.63, 3.8) is 0 Å². The minimum absolute atomic E-state index is 0.285. The molecule has 2 saturated heterocycles. The van der Waals surface area contributed by atoms with Gasteiger partial charge in [0.1, 0.15) is 0 Å². The largest absolute Gasteiger partial charge is 0.381 e. The van der Waals surface area contributed by atoms with E-state index in [1.54, 1.807) is 0 Å². The fourth-order valence-corrected chi connectivity index (χ4v) is 2.91. The fraction of sp³-hybridized carbons (Fsp3) is 1.00. The molecule has 0 amide bonds. The normalized spacial score (nSPS) is 34.2. The first-order chi connectivity index (χ1) is 6.29. The predicted molar refractivity (Wildman–Crippen MR) is 52.6 cm³/mol. The minimum Gasteiger partial charge on any atom is -0.381 e. The lowest BCUT2D eigenvalue weighted by Gasteiger charge is -2.43. The maximum absolute atomic E-state index is 6.21. The number of likely N-dealkylation sites (N-methyl/N-ethyl adjacent to an activating group) is 1. The van der Waals surface area contributed by atoms with E-state index >= 15 is 0 Å². The molecule has 2 N–H and O–H groups in total. The highest BCUT2D eigenvalue weighted by atomic mass is 16.5.